The lowest BCUT2D eigenvalue weighted by molar-refractivity contribution is 0.445. The van der Waals surface area contributed by atoms with Gasteiger partial charge in [0.05, 0.1) is 0 Å². The number of benzene rings is 2. The van der Waals surface area contributed by atoms with E-state index >= 15 is 0 Å². The van der Waals surface area contributed by atoms with E-state index in [-0.39, 0.29) is 0 Å². The zero-order chi connectivity index (χ0) is 12.5. The van der Waals surface area contributed by atoms with Crippen LogP contribution in [0, 0.1) is 13.8 Å². The van der Waals surface area contributed by atoms with Gasteiger partial charge in [0.2, 0.25) is 0 Å². The van der Waals surface area contributed by atoms with E-state index in [1.807, 2.05) is 0 Å². The van der Waals surface area contributed by atoms with E-state index in [0.717, 1.165) is 5.92 Å². The highest BCUT2D eigenvalue weighted by Gasteiger charge is 2.18. The first-order valence-electron chi connectivity index (χ1n) is 7.26. The second-order valence-electron chi connectivity index (χ2n) is 5.79. The predicted molar refractivity (Wildman–Crippen MR) is 79.2 cm³/mol. The summed E-state index contributed by atoms with van der Waals surface area (Å²) in [7, 11) is 0. The molecule has 94 valence electrons. The molecule has 0 radical (unpaired) electrons. The molecule has 1 saturated carbocycles. The van der Waals surface area contributed by atoms with Gasteiger partial charge in [-0.25, -0.2) is 0 Å². The summed E-state index contributed by atoms with van der Waals surface area (Å²) in [6.45, 7) is 4.51. The van der Waals surface area contributed by atoms with Crippen molar-refractivity contribution >= 4 is 10.8 Å². The molecule has 0 aromatic heterocycles. The molecule has 0 aliphatic heterocycles. The highest BCUT2D eigenvalue weighted by molar-refractivity contribution is 5.90. The fraction of sp³-hybridized carbons (Fsp3) is 0.444. The van der Waals surface area contributed by atoms with Crippen molar-refractivity contribution < 1.29 is 0 Å². The Morgan fingerprint density at radius 1 is 0.889 bits per heavy atom. The van der Waals surface area contributed by atoms with Crippen LogP contribution in [0.25, 0.3) is 10.8 Å². The first-order valence-corrected chi connectivity index (χ1v) is 7.26. The van der Waals surface area contributed by atoms with Gasteiger partial charge in [0, 0.05) is 0 Å². The first kappa shape index (κ1) is 11.8. The third-order valence-electron chi connectivity index (χ3n) is 4.65. The monoisotopic (exact) mass is 238 g/mol. The van der Waals surface area contributed by atoms with Crippen LogP contribution in [-0.4, -0.2) is 0 Å². The highest BCUT2D eigenvalue weighted by atomic mass is 14.2. The molecule has 0 spiro atoms. The maximum absolute atomic E-state index is 2.45. The zero-order valence-corrected chi connectivity index (χ0v) is 11.5. The summed E-state index contributed by atoms with van der Waals surface area (Å²) in [5.74, 6) is 0.794. The Kier molecular flexibility index (Phi) is 3.11. The minimum Gasteiger partial charge on any atom is -0.0616 e. The van der Waals surface area contributed by atoms with E-state index in [9.17, 15) is 0 Å². The largest absolute Gasteiger partial charge is 0.0616 e. The number of hydrogen-bond acceptors (Lipinski definition) is 0. The van der Waals surface area contributed by atoms with Crippen molar-refractivity contribution in [2.75, 3.05) is 0 Å². The maximum Gasteiger partial charge on any atom is -0.0146 e. The van der Waals surface area contributed by atoms with Crippen molar-refractivity contribution in [1.82, 2.24) is 0 Å². The van der Waals surface area contributed by atoms with Gasteiger partial charge in [-0.05, 0) is 60.1 Å². The number of hydrogen-bond donors (Lipinski definition) is 0. The molecule has 1 aliphatic rings. The minimum atomic E-state index is 0.794. The van der Waals surface area contributed by atoms with Gasteiger partial charge in [-0.2, -0.15) is 0 Å². The van der Waals surface area contributed by atoms with E-state index in [4.69, 9.17) is 0 Å². The summed E-state index contributed by atoms with van der Waals surface area (Å²) in [6, 6.07) is 11.4. The fourth-order valence-electron chi connectivity index (χ4n) is 3.44. The molecular weight excluding hydrogens is 216 g/mol. The molecule has 0 bridgehead atoms. The quantitative estimate of drug-likeness (QED) is 0.615. The molecule has 0 nitrogen and oxygen atoms in total. The molecule has 0 amide bonds. The van der Waals surface area contributed by atoms with Crippen LogP contribution in [-0.2, 0) is 0 Å². The van der Waals surface area contributed by atoms with Gasteiger partial charge in [-0.15, -0.1) is 0 Å². The SMILES string of the molecule is Cc1cc(C2CCCCC2)c2ccccc2c1C. The topological polar surface area (TPSA) is 0 Å². The van der Waals surface area contributed by atoms with Gasteiger partial charge < -0.3 is 0 Å². The van der Waals surface area contributed by atoms with Gasteiger partial charge in [0.25, 0.3) is 0 Å². The molecule has 0 unspecified atom stereocenters. The van der Waals surface area contributed by atoms with Crippen molar-refractivity contribution in [3.05, 3.63) is 47.0 Å². The lowest BCUT2D eigenvalue weighted by Gasteiger charge is -2.24. The van der Waals surface area contributed by atoms with Crippen molar-refractivity contribution in [2.45, 2.75) is 51.9 Å². The molecule has 0 heteroatoms. The van der Waals surface area contributed by atoms with Crippen LogP contribution in [0.5, 0.6) is 0 Å². The third-order valence-corrected chi connectivity index (χ3v) is 4.65. The van der Waals surface area contributed by atoms with Gasteiger partial charge in [0.15, 0.2) is 0 Å². The average Bonchev–Trinajstić information content (AvgIpc) is 2.44. The number of rotatable bonds is 1. The number of aryl methyl sites for hydroxylation is 2. The molecule has 2 aromatic carbocycles. The van der Waals surface area contributed by atoms with Gasteiger partial charge in [0.1, 0.15) is 0 Å². The van der Waals surface area contributed by atoms with Crippen LogP contribution >= 0.6 is 0 Å². The molecule has 18 heavy (non-hydrogen) atoms. The molecule has 0 atom stereocenters. The molecule has 1 aliphatic carbocycles. The Labute approximate surface area is 110 Å². The molecular formula is C18H22. The van der Waals surface area contributed by atoms with Crippen LogP contribution in [0.1, 0.15) is 54.7 Å². The normalized spacial score (nSPS) is 17.2. The Bertz CT molecular complexity index is 560. The summed E-state index contributed by atoms with van der Waals surface area (Å²) in [5, 5.41) is 2.95. The summed E-state index contributed by atoms with van der Waals surface area (Å²) in [6.07, 6.45) is 7.01. The Balaban J connectivity index is 2.18. The summed E-state index contributed by atoms with van der Waals surface area (Å²) in [5.41, 5.74) is 4.51. The van der Waals surface area contributed by atoms with E-state index < -0.39 is 0 Å². The summed E-state index contributed by atoms with van der Waals surface area (Å²) >= 11 is 0. The third kappa shape index (κ3) is 1.94. The number of fused-ring (bicyclic) bond motifs is 1. The molecule has 0 saturated heterocycles. The lowest BCUT2D eigenvalue weighted by atomic mass is 9.80. The van der Waals surface area contributed by atoms with Crippen molar-refractivity contribution in [3.8, 4) is 0 Å². The minimum absolute atomic E-state index is 0.794. The standard InChI is InChI=1S/C18H22/c1-13-12-18(15-8-4-3-5-9-15)17-11-7-6-10-16(17)14(13)2/h6-7,10-12,15H,3-5,8-9H2,1-2H3. The summed E-state index contributed by atoms with van der Waals surface area (Å²) < 4.78 is 0. The van der Waals surface area contributed by atoms with Crippen LogP contribution < -0.4 is 0 Å². The maximum atomic E-state index is 2.45. The summed E-state index contributed by atoms with van der Waals surface area (Å²) in [4.78, 5) is 0. The Hall–Kier alpha value is -1.30. The van der Waals surface area contributed by atoms with E-state index in [1.54, 1.807) is 5.56 Å². The molecule has 3 rings (SSSR count). The second-order valence-corrected chi connectivity index (χ2v) is 5.79. The smallest absolute Gasteiger partial charge is 0.0146 e. The van der Waals surface area contributed by atoms with E-state index in [1.165, 1.54) is 54.0 Å². The zero-order valence-electron chi connectivity index (χ0n) is 11.5. The van der Waals surface area contributed by atoms with Crippen molar-refractivity contribution in [2.24, 2.45) is 0 Å². The molecule has 2 aromatic rings. The van der Waals surface area contributed by atoms with Crippen LogP contribution in [0.15, 0.2) is 30.3 Å². The van der Waals surface area contributed by atoms with Gasteiger partial charge in [-0.1, -0.05) is 49.6 Å². The Morgan fingerprint density at radius 2 is 1.56 bits per heavy atom. The fourth-order valence-corrected chi connectivity index (χ4v) is 3.44. The van der Waals surface area contributed by atoms with Crippen LogP contribution in [0.2, 0.25) is 0 Å². The average molecular weight is 238 g/mol. The highest BCUT2D eigenvalue weighted by Crippen LogP contribution is 2.38. The van der Waals surface area contributed by atoms with Gasteiger partial charge in [-0.3, -0.25) is 0 Å². The van der Waals surface area contributed by atoms with Gasteiger partial charge >= 0.3 is 0 Å². The molecule has 1 fully saturated rings. The van der Waals surface area contributed by atoms with Crippen molar-refractivity contribution in [3.63, 3.8) is 0 Å². The Morgan fingerprint density at radius 3 is 2.28 bits per heavy atom. The van der Waals surface area contributed by atoms with Crippen LogP contribution in [0.3, 0.4) is 0 Å². The van der Waals surface area contributed by atoms with Crippen molar-refractivity contribution in [1.29, 1.82) is 0 Å². The van der Waals surface area contributed by atoms with Crippen LogP contribution in [0.4, 0.5) is 0 Å². The second kappa shape index (κ2) is 4.76. The lowest BCUT2D eigenvalue weighted by Crippen LogP contribution is -2.06. The predicted octanol–water partition coefficient (Wildman–Crippen LogP) is 5.50. The van der Waals surface area contributed by atoms with E-state index in [0.29, 0.717) is 0 Å². The first-order chi connectivity index (χ1) is 8.77. The van der Waals surface area contributed by atoms with E-state index in [2.05, 4.69) is 44.2 Å². The molecule has 0 N–H and O–H groups in total. The molecule has 0 heterocycles.